The molecule has 0 heterocycles. The smallest absolute Gasteiger partial charge is 0.429 e. The van der Waals surface area contributed by atoms with Gasteiger partial charge in [0.05, 0.1) is 5.56 Å². The van der Waals surface area contributed by atoms with Gasteiger partial charge in [-0.25, -0.2) is 22.0 Å². The van der Waals surface area contributed by atoms with E-state index in [1.165, 1.54) is 37.3 Å². The molecule has 0 fully saturated rings. The van der Waals surface area contributed by atoms with E-state index in [4.69, 9.17) is 4.74 Å². The van der Waals surface area contributed by atoms with Crippen LogP contribution in [0.15, 0.2) is 66.7 Å². The van der Waals surface area contributed by atoms with Crippen molar-refractivity contribution >= 4 is 0 Å². The molecule has 0 bridgehead atoms. The fourth-order valence-electron chi connectivity index (χ4n) is 3.42. The quantitative estimate of drug-likeness (QED) is 0.179. The van der Waals surface area contributed by atoms with Gasteiger partial charge in [-0.3, -0.25) is 0 Å². The molecule has 2 nitrogen and oxygen atoms in total. The Morgan fingerprint density at radius 2 is 1.27 bits per heavy atom. The molecule has 0 aromatic heterocycles. The molecule has 4 aromatic rings. The van der Waals surface area contributed by atoms with Crippen LogP contribution in [0.1, 0.15) is 16.7 Å². The Hall–Kier alpha value is -4.08. The van der Waals surface area contributed by atoms with Gasteiger partial charge in [0, 0.05) is 12.1 Å². The third-order valence-electron chi connectivity index (χ3n) is 5.41. The zero-order valence-electron chi connectivity index (χ0n) is 18.9. The van der Waals surface area contributed by atoms with Crippen molar-refractivity contribution in [3.63, 3.8) is 0 Å². The molecule has 0 amide bonds. The molecular formula is C27H16F8O2. The lowest BCUT2D eigenvalue weighted by atomic mass is 10.0. The largest absolute Gasteiger partial charge is 0.486 e. The summed E-state index contributed by atoms with van der Waals surface area (Å²) in [6, 6.07) is 12.1. The number of hydrogen-bond donors (Lipinski definition) is 0. The highest BCUT2D eigenvalue weighted by atomic mass is 19.3. The van der Waals surface area contributed by atoms with E-state index in [0.717, 1.165) is 12.1 Å². The molecule has 4 aromatic carbocycles. The Morgan fingerprint density at radius 3 is 1.89 bits per heavy atom. The van der Waals surface area contributed by atoms with Gasteiger partial charge in [-0.2, -0.15) is 13.2 Å². The molecule has 0 atom stereocenters. The van der Waals surface area contributed by atoms with Crippen molar-refractivity contribution in [2.75, 3.05) is 0 Å². The second-order valence-corrected chi connectivity index (χ2v) is 8.01. The molecule has 0 radical (unpaired) electrons. The van der Waals surface area contributed by atoms with E-state index in [0.29, 0.717) is 11.1 Å². The maximum Gasteiger partial charge on any atom is 0.429 e. The van der Waals surface area contributed by atoms with Gasteiger partial charge >= 0.3 is 6.11 Å². The van der Waals surface area contributed by atoms with Crippen LogP contribution in [0.2, 0.25) is 0 Å². The number of hydrogen-bond acceptors (Lipinski definition) is 2. The Bertz CT molecular complexity index is 1430. The monoisotopic (exact) mass is 524 g/mol. The first-order valence-electron chi connectivity index (χ1n) is 10.6. The number of benzene rings is 4. The minimum atomic E-state index is -4.33. The van der Waals surface area contributed by atoms with Gasteiger partial charge < -0.3 is 9.47 Å². The summed E-state index contributed by atoms with van der Waals surface area (Å²) in [5, 5.41) is 0. The summed E-state index contributed by atoms with van der Waals surface area (Å²) < 4.78 is 120. The number of halogens is 8. The summed E-state index contributed by atoms with van der Waals surface area (Å²) in [5.41, 5.74) is 0.150. The average Bonchev–Trinajstić information content (AvgIpc) is 2.85. The molecule has 0 saturated heterocycles. The van der Waals surface area contributed by atoms with Crippen LogP contribution in [-0.4, -0.2) is 0 Å². The highest BCUT2D eigenvalue weighted by Gasteiger charge is 2.38. The van der Waals surface area contributed by atoms with E-state index in [9.17, 15) is 35.1 Å². The Balaban J connectivity index is 1.48. The van der Waals surface area contributed by atoms with E-state index in [1.54, 1.807) is 12.1 Å². The van der Waals surface area contributed by atoms with Gasteiger partial charge in [0.25, 0.3) is 0 Å². The second kappa shape index (κ2) is 10.1. The second-order valence-electron chi connectivity index (χ2n) is 8.01. The number of ether oxygens (including phenoxy) is 2. The van der Waals surface area contributed by atoms with Crippen molar-refractivity contribution in [3.8, 4) is 22.6 Å². The fourth-order valence-corrected chi connectivity index (χ4v) is 3.42. The molecule has 0 aliphatic rings. The molecule has 0 N–H and O–H groups in total. The normalized spacial score (nSPS) is 11.5. The van der Waals surface area contributed by atoms with Crippen LogP contribution in [0.25, 0.3) is 11.1 Å². The predicted molar refractivity (Wildman–Crippen MR) is 118 cm³/mol. The third kappa shape index (κ3) is 5.52. The molecule has 0 aliphatic carbocycles. The van der Waals surface area contributed by atoms with Gasteiger partial charge in [-0.15, -0.1) is 0 Å². The minimum Gasteiger partial charge on any atom is -0.486 e. The van der Waals surface area contributed by atoms with Gasteiger partial charge in [0.15, 0.2) is 29.0 Å². The molecule has 0 saturated carbocycles. The van der Waals surface area contributed by atoms with Crippen LogP contribution < -0.4 is 9.47 Å². The molecule has 192 valence electrons. The molecule has 37 heavy (non-hydrogen) atoms. The van der Waals surface area contributed by atoms with E-state index in [1.807, 2.05) is 0 Å². The highest BCUT2D eigenvalue weighted by molar-refractivity contribution is 5.64. The highest BCUT2D eigenvalue weighted by Crippen LogP contribution is 2.36. The Kier molecular flexibility index (Phi) is 7.11. The SMILES string of the molecule is Cc1ccc(OCc2ccc(-c3ccc(C(F)(F)Oc4cc(F)c(F)c(F)c4)c(F)c3)cc2)c(F)c1F. The topological polar surface area (TPSA) is 18.5 Å². The van der Waals surface area contributed by atoms with Crippen LogP contribution in [0.3, 0.4) is 0 Å². The predicted octanol–water partition coefficient (Wildman–Crippen LogP) is 8.20. The Morgan fingerprint density at radius 1 is 0.649 bits per heavy atom. The molecule has 0 unspecified atom stereocenters. The van der Waals surface area contributed by atoms with Crippen molar-refractivity contribution in [2.45, 2.75) is 19.6 Å². The summed E-state index contributed by atoms with van der Waals surface area (Å²) in [4.78, 5) is 0. The molecular weight excluding hydrogens is 508 g/mol. The van der Waals surface area contributed by atoms with E-state index >= 15 is 0 Å². The number of alkyl halides is 2. The van der Waals surface area contributed by atoms with Gasteiger partial charge in [-0.1, -0.05) is 36.4 Å². The average molecular weight is 524 g/mol. The van der Waals surface area contributed by atoms with Gasteiger partial charge in [-0.05, 0) is 47.4 Å². The summed E-state index contributed by atoms with van der Waals surface area (Å²) in [5.74, 6) is -10.1. The zero-order valence-corrected chi connectivity index (χ0v) is 18.9. The lowest BCUT2D eigenvalue weighted by Crippen LogP contribution is -2.23. The fraction of sp³-hybridized carbons (Fsp3) is 0.111. The van der Waals surface area contributed by atoms with Gasteiger partial charge in [0.1, 0.15) is 18.2 Å². The van der Waals surface area contributed by atoms with Crippen LogP contribution in [0, 0.1) is 41.8 Å². The number of aryl methyl sites for hydroxylation is 1. The molecule has 10 heteroatoms. The van der Waals surface area contributed by atoms with E-state index < -0.39 is 52.3 Å². The van der Waals surface area contributed by atoms with Crippen molar-refractivity contribution in [3.05, 3.63) is 118 Å². The third-order valence-corrected chi connectivity index (χ3v) is 5.41. The molecule has 0 aliphatic heterocycles. The first-order valence-corrected chi connectivity index (χ1v) is 10.6. The maximum atomic E-state index is 14.6. The first kappa shape index (κ1) is 26.0. The summed E-state index contributed by atoms with van der Waals surface area (Å²) in [6.45, 7) is 1.32. The van der Waals surface area contributed by atoms with E-state index in [-0.39, 0.29) is 35.6 Å². The van der Waals surface area contributed by atoms with Crippen molar-refractivity contribution in [1.82, 2.24) is 0 Å². The summed E-state index contributed by atoms with van der Waals surface area (Å²) in [6.07, 6.45) is -4.33. The van der Waals surface area contributed by atoms with Gasteiger partial charge in [0.2, 0.25) is 5.82 Å². The minimum absolute atomic E-state index is 0.0961. The molecule has 0 spiro atoms. The lowest BCUT2D eigenvalue weighted by Gasteiger charge is -2.19. The van der Waals surface area contributed by atoms with Crippen LogP contribution in [0.4, 0.5) is 35.1 Å². The van der Waals surface area contributed by atoms with Crippen LogP contribution >= 0.6 is 0 Å². The van der Waals surface area contributed by atoms with E-state index in [2.05, 4.69) is 4.74 Å². The summed E-state index contributed by atoms with van der Waals surface area (Å²) in [7, 11) is 0. The standard InChI is InChI=1S/C27H16F8O2/c1-14-2-9-23(26(33)24(14)31)36-13-15-3-5-16(6-4-15)17-7-8-19(20(28)10-17)27(34,35)37-18-11-21(29)25(32)22(30)12-18/h2-12H,13H2,1H3. The van der Waals surface area contributed by atoms with Crippen LogP contribution in [0.5, 0.6) is 11.5 Å². The molecule has 4 rings (SSSR count). The Labute approximate surface area is 205 Å². The van der Waals surface area contributed by atoms with Crippen molar-refractivity contribution < 1.29 is 44.6 Å². The number of rotatable bonds is 7. The van der Waals surface area contributed by atoms with Crippen molar-refractivity contribution in [2.24, 2.45) is 0 Å². The summed E-state index contributed by atoms with van der Waals surface area (Å²) >= 11 is 0. The van der Waals surface area contributed by atoms with Crippen LogP contribution in [-0.2, 0) is 12.7 Å². The van der Waals surface area contributed by atoms with Crippen molar-refractivity contribution in [1.29, 1.82) is 0 Å². The zero-order chi connectivity index (χ0) is 26.9. The first-order chi connectivity index (χ1) is 17.5. The maximum absolute atomic E-state index is 14.6. The lowest BCUT2D eigenvalue weighted by molar-refractivity contribution is -0.187.